The van der Waals surface area contributed by atoms with E-state index < -0.39 is 0 Å². The summed E-state index contributed by atoms with van der Waals surface area (Å²) in [6.07, 6.45) is 9.73. The molecule has 3 heteroatoms. The number of rotatable bonds is 5. The molecule has 0 spiro atoms. The molecule has 2 rings (SSSR count). The molecule has 0 amide bonds. The van der Waals surface area contributed by atoms with E-state index >= 15 is 0 Å². The monoisotopic (exact) mass is 294 g/mol. The molecular weight excluding hydrogens is 264 g/mol. The van der Waals surface area contributed by atoms with Crippen molar-refractivity contribution in [3.05, 3.63) is 15.6 Å². The Balaban J connectivity index is 1.88. The SMILES string of the molecule is CCCC1CCCC(NC(C)c2sc(C)nc2C)CC1. The lowest BCUT2D eigenvalue weighted by Gasteiger charge is -2.22. The van der Waals surface area contributed by atoms with Crippen LogP contribution in [0.3, 0.4) is 0 Å². The summed E-state index contributed by atoms with van der Waals surface area (Å²) < 4.78 is 0. The highest BCUT2D eigenvalue weighted by atomic mass is 32.1. The van der Waals surface area contributed by atoms with Crippen molar-refractivity contribution < 1.29 is 0 Å². The molecule has 1 aromatic heterocycles. The van der Waals surface area contributed by atoms with E-state index in [1.165, 1.54) is 60.5 Å². The number of aryl methyl sites for hydroxylation is 2. The van der Waals surface area contributed by atoms with Gasteiger partial charge in [-0.25, -0.2) is 4.98 Å². The van der Waals surface area contributed by atoms with Crippen LogP contribution in [0, 0.1) is 19.8 Å². The average Bonchev–Trinajstić information content (AvgIpc) is 2.60. The second kappa shape index (κ2) is 7.56. The molecule has 2 nitrogen and oxygen atoms in total. The van der Waals surface area contributed by atoms with Gasteiger partial charge < -0.3 is 5.32 Å². The zero-order chi connectivity index (χ0) is 14.5. The van der Waals surface area contributed by atoms with Crippen LogP contribution >= 0.6 is 11.3 Å². The smallest absolute Gasteiger partial charge is 0.0900 e. The van der Waals surface area contributed by atoms with Crippen LogP contribution in [0.25, 0.3) is 0 Å². The van der Waals surface area contributed by atoms with Crippen molar-refractivity contribution in [2.75, 3.05) is 0 Å². The lowest BCUT2D eigenvalue weighted by molar-refractivity contribution is 0.394. The molecule has 0 aromatic carbocycles. The normalized spacial score (nSPS) is 25.4. The Labute approximate surface area is 128 Å². The van der Waals surface area contributed by atoms with Crippen molar-refractivity contribution >= 4 is 11.3 Å². The average molecular weight is 295 g/mol. The summed E-state index contributed by atoms with van der Waals surface area (Å²) in [6.45, 7) is 8.86. The predicted octanol–water partition coefficient (Wildman–Crippen LogP) is 5.16. The van der Waals surface area contributed by atoms with E-state index in [2.05, 4.69) is 38.0 Å². The van der Waals surface area contributed by atoms with E-state index in [4.69, 9.17) is 0 Å². The topological polar surface area (TPSA) is 24.9 Å². The Kier molecular flexibility index (Phi) is 6.03. The maximum absolute atomic E-state index is 4.56. The van der Waals surface area contributed by atoms with E-state index in [0.717, 1.165) is 5.92 Å². The zero-order valence-corrected chi connectivity index (χ0v) is 14.4. The fourth-order valence-corrected chi connectivity index (χ4v) is 4.56. The van der Waals surface area contributed by atoms with E-state index in [9.17, 15) is 0 Å². The van der Waals surface area contributed by atoms with Gasteiger partial charge in [0.25, 0.3) is 0 Å². The Morgan fingerprint density at radius 3 is 2.70 bits per heavy atom. The van der Waals surface area contributed by atoms with E-state index in [-0.39, 0.29) is 0 Å². The maximum Gasteiger partial charge on any atom is 0.0900 e. The number of nitrogens with one attached hydrogen (secondary N) is 1. The maximum atomic E-state index is 4.56. The number of hydrogen-bond acceptors (Lipinski definition) is 3. The standard InChI is InChI=1S/C17H30N2S/c1-5-7-15-8-6-9-16(11-10-15)19-13(3)17-12(2)18-14(4)20-17/h13,15-16,19H,5-11H2,1-4H3. The Morgan fingerprint density at radius 2 is 2.05 bits per heavy atom. The van der Waals surface area contributed by atoms with Crippen LogP contribution in [-0.4, -0.2) is 11.0 Å². The molecule has 1 saturated carbocycles. The minimum absolute atomic E-state index is 0.453. The summed E-state index contributed by atoms with van der Waals surface area (Å²) in [5.41, 5.74) is 1.21. The molecular formula is C17H30N2S. The lowest BCUT2D eigenvalue weighted by Crippen LogP contribution is -2.31. The summed E-state index contributed by atoms with van der Waals surface area (Å²) in [5, 5.41) is 5.05. The Bertz CT molecular complexity index is 413. The molecule has 3 atom stereocenters. The summed E-state index contributed by atoms with van der Waals surface area (Å²) in [5.74, 6) is 0.981. The number of hydrogen-bond donors (Lipinski definition) is 1. The molecule has 114 valence electrons. The van der Waals surface area contributed by atoms with Gasteiger partial charge in [0.15, 0.2) is 0 Å². The first-order chi connectivity index (χ1) is 9.60. The first-order valence-corrected chi connectivity index (χ1v) is 9.11. The summed E-state index contributed by atoms with van der Waals surface area (Å²) in [4.78, 5) is 5.99. The summed E-state index contributed by atoms with van der Waals surface area (Å²) >= 11 is 1.85. The van der Waals surface area contributed by atoms with Gasteiger partial charge in [-0.2, -0.15) is 0 Å². The molecule has 1 N–H and O–H groups in total. The van der Waals surface area contributed by atoms with Crippen molar-refractivity contribution in [3.8, 4) is 0 Å². The fraction of sp³-hybridized carbons (Fsp3) is 0.824. The molecule has 0 saturated heterocycles. The predicted molar refractivity (Wildman–Crippen MR) is 88.4 cm³/mol. The van der Waals surface area contributed by atoms with Gasteiger partial charge in [-0.3, -0.25) is 0 Å². The van der Waals surface area contributed by atoms with Crippen LogP contribution in [0.1, 0.15) is 80.4 Å². The molecule has 1 heterocycles. The molecule has 0 radical (unpaired) electrons. The fourth-order valence-electron chi connectivity index (χ4n) is 3.62. The first-order valence-electron chi connectivity index (χ1n) is 8.30. The first kappa shape index (κ1) is 16.0. The molecule has 0 bridgehead atoms. The minimum atomic E-state index is 0.453. The molecule has 1 aliphatic rings. The molecule has 3 unspecified atom stereocenters. The van der Waals surface area contributed by atoms with Gasteiger partial charge in [-0.05, 0) is 46.0 Å². The largest absolute Gasteiger partial charge is 0.307 e. The van der Waals surface area contributed by atoms with Crippen molar-refractivity contribution in [2.24, 2.45) is 5.92 Å². The van der Waals surface area contributed by atoms with Crippen LogP contribution < -0.4 is 5.32 Å². The van der Waals surface area contributed by atoms with Crippen LogP contribution in [0.4, 0.5) is 0 Å². The molecule has 1 fully saturated rings. The summed E-state index contributed by atoms with van der Waals surface area (Å²) in [6, 6.07) is 1.16. The van der Waals surface area contributed by atoms with E-state index in [1.807, 2.05) is 11.3 Å². The lowest BCUT2D eigenvalue weighted by atomic mass is 9.95. The highest BCUT2D eigenvalue weighted by Crippen LogP contribution is 2.29. The third-order valence-corrected chi connectivity index (χ3v) is 5.86. The van der Waals surface area contributed by atoms with Crippen molar-refractivity contribution in [1.29, 1.82) is 0 Å². The highest BCUT2D eigenvalue weighted by molar-refractivity contribution is 7.11. The van der Waals surface area contributed by atoms with Crippen LogP contribution in [0.2, 0.25) is 0 Å². The zero-order valence-electron chi connectivity index (χ0n) is 13.5. The number of nitrogens with zero attached hydrogens (tertiary/aromatic N) is 1. The minimum Gasteiger partial charge on any atom is -0.307 e. The van der Waals surface area contributed by atoms with Crippen LogP contribution in [0.15, 0.2) is 0 Å². The summed E-state index contributed by atoms with van der Waals surface area (Å²) in [7, 11) is 0. The second-order valence-electron chi connectivity index (χ2n) is 6.43. The van der Waals surface area contributed by atoms with Gasteiger partial charge >= 0.3 is 0 Å². The van der Waals surface area contributed by atoms with Gasteiger partial charge in [-0.1, -0.05) is 32.6 Å². The van der Waals surface area contributed by atoms with Crippen molar-refractivity contribution in [3.63, 3.8) is 0 Å². The molecule has 1 aliphatic carbocycles. The highest BCUT2D eigenvalue weighted by Gasteiger charge is 2.21. The molecule has 1 aromatic rings. The third-order valence-electron chi connectivity index (χ3n) is 4.60. The Morgan fingerprint density at radius 1 is 1.25 bits per heavy atom. The quantitative estimate of drug-likeness (QED) is 0.759. The van der Waals surface area contributed by atoms with Gasteiger partial charge in [0.1, 0.15) is 0 Å². The van der Waals surface area contributed by atoms with E-state index in [0.29, 0.717) is 12.1 Å². The molecule has 20 heavy (non-hydrogen) atoms. The van der Waals surface area contributed by atoms with Gasteiger partial charge in [-0.15, -0.1) is 11.3 Å². The van der Waals surface area contributed by atoms with Gasteiger partial charge in [0.05, 0.1) is 10.7 Å². The number of thiazole rings is 1. The van der Waals surface area contributed by atoms with Crippen LogP contribution in [0.5, 0.6) is 0 Å². The van der Waals surface area contributed by atoms with Crippen molar-refractivity contribution in [2.45, 2.75) is 84.7 Å². The third kappa shape index (κ3) is 4.29. The molecule has 0 aliphatic heterocycles. The van der Waals surface area contributed by atoms with Crippen LogP contribution in [-0.2, 0) is 0 Å². The van der Waals surface area contributed by atoms with Gasteiger partial charge in [0, 0.05) is 17.0 Å². The number of aromatic nitrogens is 1. The Hall–Kier alpha value is -0.410. The van der Waals surface area contributed by atoms with E-state index in [1.54, 1.807) is 0 Å². The van der Waals surface area contributed by atoms with Crippen molar-refractivity contribution in [1.82, 2.24) is 10.3 Å². The van der Waals surface area contributed by atoms with Gasteiger partial charge in [0.2, 0.25) is 0 Å². The second-order valence-corrected chi connectivity index (χ2v) is 7.67.